The highest BCUT2D eigenvalue weighted by Crippen LogP contribution is 2.33. The van der Waals surface area contributed by atoms with Crippen molar-refractivity contribution >= 4 is 35.0 Å². The standard InChI is InChI=1S/C10H11Cl2NO3/c1-6(14)5-13(10(15)16)9-7(11)3-2-4-8(9)12/h2-4,6,14H,5H2,1H3,(H,15,16)/t6-/m0/s1. The van der Waals surface area contributed by atoms with Crippen LogP contribution in [-0.2, 0) is 0 Å². The normalized spacial score (nSPS) is 12.2. The maximum atomic E-state index is 11.0. The van der Waals surface area contributed by atoms with E-state index in [1.54, 1.807) is 18.2 Å². The Kier molecular flexibility index (Phi) is 4.41. The SMILES string of the molecule is C[C@H](O)CN(C(=O)O)c1c(Cl)cccc1Cl. The van der Waals surface area contributed by atoms with Crippen LogP contribution in [0.25, 0.3) is 0 Å². The monoisotopic (exact) mass is 263 g/mol. The first-order chi connectivity index (χ1) is 7.43. The number of carboxylic acid groups (broad SMARTS) is 1. The predicted octanol–water partition coefficient (Wildman–Crippen LogP) is 2.86. The lowest BCUT2D eigenvalue weighted by Gasteiger charge is -2.22. The van der Waals surface area contributed by atoms with Crippen molar-refractivity contribution in [3.8, 4) is 0 Å². The van der Waals surface area contributed by atoms with Crippen LogP contribution in [0.1, 0.15) is 6.92 Å². The van der Waals surface area contributed by atoms with Gasteiger partial charge in [0.05, 0.1) is 28.4 Å². The van der Waals surface area contributed by atoms with Gasteiger partial charge in [-0.05, 0) is 19.1 Å². The average molecular weight is 264 g/mol. The second-order valence-electron chi connectivity index (χ2n) is 3.31. The Balaban J connectivity index is 3.15. The molecule has 1 atom stereocenters. The third kappa shape index (κ3) is 3.01. The second-order valence-corrected chi connectivity index (χ2v) is 4.13. The largest absolute Gasteiger partial charge is 0.465 e. The first-order valence-electron chi connectivity index (χ1n) is 4.56. The minimum Gasteiger partial charge on any atom is -0.465 e. The Hall–Kier alpha value is -0.970. The molecule has 1 amide bonds. The number of benzene rings is 1. The predicted molar refractivity (Wildman–Crippen MR) is 63.5 cm³/mol. The van der Waals surface area contributed by atoms with Gasteiger partial charge in [0.1, 0.15) is 0 Å². The van der Waals surface area contributed by atoms with Gasteiger partial charge in [-0.1, -0.05) is 29.3 Å². The van der Waals surface area contributed by atoms with E-state index >= 15 is 0 Å². The van der Waals surface area contributed by atoms with E-state index in [2.05, 4.69) is 0 Å². The van der Waals surface area contributed by atoms with Gasteiger partial charge >= 0.3 is 6.09 Å². The van der Waals surface area contributed by atoms with Gasteiger partial charge in [0, 0.05) is 0 Å². The quantitative estimate of drug-likeness (QED) is 0.882. The Bertz CT molecular complexity index is 375. The van der Waals surface area contributed by atoms with E-state index in [0.29, 0.717) is 0 Å². The van der Waals surface area contributed by atoms with Gasteiger partial charge in [0.25, 0.3) is 0 Å². The van der Waals surface area contributed by atoms with Crippen molar-refractivity contribution in [2.75, 3.05) is 11.4 Å². The number of halogens is 2. The summed E-state index contributed by atoms with van der Waals surface area (Å²) in [4.78, 5) is 12.0. The van der Waals surface area contributed by atoms with Crippen LogP contribution in [0.15, 0.2) is 18.2 Å². The van der Waals surface area contributed by atoms with E-state index in [-0.39, 0.29) is 22.3 Å². The summed E-state index contributed by atoms with van der Waals surface area (Å²) < 4.78 is 0. The smallest absolute Gasteiger partial charge is 0.411 e. The molecule has 0 aliphatic carbocycles. The van der Waals surface area contributed by atoms with Crippen molar-refractivity contribution in [3.05, 3.63) is 28.2 Å². The number of hydrogen-bond acceptors (Lipinski definition) is 2. The topological polar surface area (TPSA) is 60.8 Å². The van der Waals surface area contributed by atoms with Gasteiger partial charge in [-0.2, -0.15) is 0 Å². The van der Waals surface area contributed by atoms with Crippen molar-refractivity contribution < 1.29 is 15.0 Å². The Morgan fingerprint density at radius 2 is 1.94 bits per heavy atom. The fourth-order valence-corrected chi connectivity index (χ4v) is 1.88. The highest BCUT2D eigenvalue weighted by atomic mass is 35.5. The highest BCUT2D eigenvalue weighted by molar-refractivity contribution is 6.39. The summed E-state index contributed by atoms with van der Waals surface area (Å²) in [5.74, 6) is 0. The van der Waals surface area contributed by atoms with Crippen LogP contribution in [-0.4, -0.2) is 29.0 Å². The molecule has 1 aromatic rings. The summed E-state index contributed by atoms with van der Waals surface area (Å²) in [5, 5.41) is 18.7. The Morgan fingerprint density at radius 1 is 1.44 bits per heavy atom. The van der Waals surface area contributed by atoms with E-state index in [9.17, 15) is 9.90 Å². The molecule has 0 heterocycles. The number of hydrogen-bond donors (Lipinski definition) is 2. The number of para-hydroxylation sites is 1. The van der Waals surface area contributed by atoms with E-state index in [1.807, 2.05) is 0 Å². The Morgan fingerprint density at radius 3 is 2.31 bits per heavy atom. The van der Waals surface area contributed by atoms with Crippen LogP contribution in [0.3, 0.4) is 0 Å². The van der Waals surface area contributed by atoms with Gasteiger partial charge in [-0.25, -0.2) is 4.79 Å². The molecule has 0 aromatic heterocycles. The number of amides is 1. The maximum Gasteiger partial charge on any atom is 0.411 e. The molecule has 0 bridgehead atoms. The molecule has 0 radical (unpaired) electrons. The van der Waals surface area contributed by atoms with Crippen LogP contribution in [0.4, 0.5) is 10.5 Å². The molecule has 0 saturated heterocycles. The number of carbonyl (C=O) groups is 1. The molecule has 1 rings (SSSR count). The van der Waals surface area contributed by atoms with Gasteiger partial charge < -0.3 is 10.2 Å². The van der Waals surface area contributed by atoms with Crippen molar-refractivity contribution in [2.24, 2.45) is 0 Å². The van der Waals surface area contributed by atoms with Crippen molar-refractivity contribution in [2.45, 2.75) is 13.0 Å². The van der Waals surface area contributed by atoms with E-state index in [0.717, 1.165) is 4.90 Å². The first-order valence-corrected chi connectivity index (χ1v) is 5.31. The van der Waals surface area contributed by atoms with Crippen LogP contribution >= 0.6 is 23.2 Å². The Labute approximate surface area is 103 Å². The van der Waals surface area contributed by atoms with Crippen LogP contribution in [0, 0.1) is 0 Å². The first kappa shape index (κ1) is 13.1. The molecule has 6 heteroatoms. The maximum absolute atomic E-state index is 11.0. The molecule has 88 valence electrons. The summed E-state index contributed by atoms with van der Waals surface area (Å²) >= 11 is 11.8. The second kappa shape index (κ2) is 5.39. The molecular weight excluding hydrogens is 253 g/mol. The number of aliphatic hydroxyl groups is 1. The number of aliphatic hydroxyl groups excluding tert-OH is 1. The molecule has 0 spiro atoms. The lowest BCUT2D eigenvalue weighted by molar-refractivity contribution is 0.180. The van der Waals surface area contributed by atoms with E-state index in [4.69, 9.17) is 28.3 Å². The van der Waals surface area contributed by atoms with Crippen LogP contribution < -0.4 is 4.90 Å². The third-order valence-corrected chi connectivity index (χ3v) is 2.50. The van der Waals surface area contributed by atoms with Crippen molar-refractivity contribution in [1.29, 1.82) is 0 Å². The van der Waals surface area contributed by atoms with E-state index < -0.39 is 12.2 Å². The molecule has 0 aliphatic rings. The number of nitrogens with zero attached hydrogens (tertiary/aromatic N) is 1. The summed E-state index contributed by atoms with van der Waals surface area (Å²) in [6.07, 6.45) is -2.01. The lowest BCUT2D eigenvalue weighted by atomic mass is 10.2. The third-order valence-electron chi connectivity index (χ3n) is 1.89. The average Bonchev–Trinajstić information content (AvgIpc) is 2.15. The van der Waals surface area contributed by atoms with Gasteiger partial charge in [-0.15, -0.1) is 0 Å². The summed E-state index contributed by atoms with van der Waals surface area (Å²) in [7, 11) is 0. The molecule has 2 N–H and O–H groups in total. The molecule has 16 heavy (non-hydrogen) atoms. The zero-order chi connectivity index (χ0) is 12.3. The number of rotatable bonds is 3. The minimum absolute atomic E-state index is 0.0845. The van der Waals surface area contributed by atoms with Gasteiger partial charge in [0.2, 0.25) is 0 Å². The summed E-state index contributed by atoms with van der Waals surface area (Å²) in [6.45, 7) is 1.40. The zero-order valence-corrected chi connectivity index (χ0v) is 10.0. The molecule has 4 nitrogen and oxygen atoms in total. The summed E-state index contributed by atoms with van der Waals surface area (Å²) in [6, 6.07) is 4.71. The van der Waals surface area contributed by atoms with Gasteiger partial charge in [0.15, 0.2) is 0 Å². The van der Waals surface area contributed by atoms with Gasteiger partial charge in [-0.3, -0.25) is 4.90 Å². The highest BCUT2D eigenvalue weighted by Gasteiger charge is 2.21. The fraction of sp³-hybridized carbons (Fsp3) is 0.300. The molecule has 0 fully saturated rings. The van der Waals surface area contributed by atoms with E-state index in [1.165, 1.54) is 6.92 Å². The molecule has 0 unspecified atom stereocenters. The van der Waals surface area contributed by atoms with Crippen molar-refractivity contribution in [1.82, 2.24) is 0 Å². The lowest BCUT2D eigenvalue weighted by Crippen LogP contribution is -2.35. The minimum atomic E-state index is -1.21. The molecule has 0 aliphatic heterocycles. The van der Waals surface area contributed by atoms with Crippen molar-refractivity contribution in [3.63, 3.8) is 0 Å². The zero-order valence-electron chi connectivity index (χ0n) is 8.52. The van der Waals surface area contributed by atoms with Crippen LogP contribution in [0.5, 0.6) is 0 Å². The van der Waals surface area contributed by atoms with Crippen LogP contribution in [0.2, 0.25) is 10.0 Å². The molecular formula is C10H11Cl2NO3. The molecule has 1 aromatic carbocycles. The molecule has 0 saturated carbocycles. The number of anilines is 1. The summed E-state index contributed by atoms with van der Waals surface area (Å²) in [5.41, 5.74) is 0.194. The fourth-order valence-electron chi connectivity index (χ4n) is 1.28.